The zero-order valence-electron chi connectivity index (χ0n) is 15.7. The molecule has 2 N–H and O–H groups in total. The number of amides is 2. The van der Waals surface area contributed by atoms with Gasteiger partial charge in [0.2, 0.25) is 5.82 Å². The van der Waals surface area contributed by atoms with Crippen LogP contribution in [0.15, 0.2) is 73.2 Å². The van der Waals surface area contributed by atoms with Gasteiger partial charge in [-0.1, -0.05) is 12.1 Å². The van der Waals surface area contributed by atoms with E-state index in [1.165, 1.54) is 0 Å². The maximum atomic E-state index is 12.8. The predicted octanol–water partition coefficient (Wildman–Crippen LogP) is 2.78. The van der Waals surface area contributed by atoms with E-state index in [2.05, 4.69) is 20.6 Å². The molecule has 0 aliphatic heterocycles. The van der Waals surface area contributed by atoms with E-state index in [0.717, 1.165) is 5.56 Å². The first-order valence-electron chi connectivity index (χ1n) is 9.11. The van der Waals surface area contributed by atoms with Crippen LogP contribution in [0.2, 0.25) is 0 Å². The minimum absolute atomic E-state index is 0.0847. The molecule has 30 heavy (non-hydrogen) atoms. The molecule has 4 aromatic rings. The van der Waals surface area contributed by atoms with Gasteiger partial charge in [-0.2, -0.15) is 5.26 Å². The molecule has 0 radical (unpaired) electrons. The number of anilines is 1. The van der Waals surface area contributed by atoms with Crippen LogP contribution < -0.4 is 10.6 Å². The van der Waals surface area contributed by atoms with E-state index in [0.29, 0.717) is 23.3 Å². The van der Waals surface area contributed by atoms with Crippen LogP contribution >= 0.6 is 0 Å². The highest BCUT2D eigenvalue weighted by Crippen LogP contribution is 2.16. The molecule has 0 atom stereocenters. The number of nitrogens with zero attached hydrogens (tertiary/aromatic N) is 4. The first kappa shape index (κ1) is 18.8. The maximum absolute atomic E-state index is 12.8. The van der Waals surface area contributed by atoms with Crippen molar-refractivity contribution in [3.63, 3.8) is 0 Å². The topological polar surface area (TPSA) is 112 Å². The van der Waals surface area contributed by atoms with Crippen molar-refractivity contribution in [3.8, 4) is 6.07 Å². The zero-order chi connectivity index (χ0) is 20.9. The number of pyridine rings is 2. The summed E-state index contributed by atoms with van der Waals surface area (Å²) in [6, 6.07) is 17.4. The third-order valence-corrected chi connectivity index (χ3v) is 4.41. The number of nitrogens with one attached hydrogen (secondary N) is 2. The van der Waals surface area contributed by atoms with Gasteiger partial charge in [0, 0.05) is 30.8 Å². The van der Waals surface area contributed by atoms with Crippen molar-refractivity contribution >= 4 is 23.0 Å². The number of imidazole rings is 1. The van der Waals surface area contributed by atoms with Crippen molar-refractivity contribution < 1.29 is 9.59 Å². The molecule has 0 spiro atoms. The molecule has 0 unspecified atom stereocenters. The molecule has 0 saturated heterocycles. The number of nitriles is 1. The number of hydrogen-bond acceptors (Lipinski definition) is 5. The fourth-order valence-corrected chi connectivity index (χ4v) is 2.95. The minimum Gasteiger partial charge on any atom is -0.346 e. The quantitative estimate of drug-likeness (QED) is 0.539. The van der Waals surface area contributed by atoms with Crippen LogP contribution in [0.5, 0.6) is 0 Å². The Morgan fingerprint density at radius 2 is 1.87 bits per heavy atom. The lowest BCUT2D eigenvalue weighted by Gasteiger charge is -2.04. The second-order valence-corrected chi connectivity index (χ2v) is 6.43. The van der Waals surface area contributed by atoms with E-state index < -0.39 is 5.91 Å². The van der Waals surface area contributed by atoms with Crippen LogP contribution in [0.25, 0.3) is 5.52 Å². The van der Waals surface area contributed by atoms with Gasteiger partial charge in [-0.3, -0.25) is 19.0 Å². The number of aromatic nitrogens is 3. The highest BCUT2D eigenvalue weighted by atomic mass is 16.2. The van der Waals surface area contributed by atoms with E-state index in [1.54, 1.807) is 71.5 Å². The van der Waals surface area contributed by atoms with Gasteiger partial charge in [0.1, 0.15) is 0 Å². The van der Waals surface area contributed by atoms with E-state index >= 15 is 0 Å². The Kier molecular flexibility index (Phi) is 5.17. The maximum Gasteiger partial charge on any atom is 0.292 e. The van der Waals surface area contributed by atoms with Crippen molar-refractivity contribution in [1.82, 2.24) is 19.7 Å². The average molecular weight is 396 g/mol. The Hall–Kier alpha value is -4.51. The summed E-state index contributed by atoms with van der Waals surface area (Å²) in [4.78, 5) is 33.8. The number of benzene rings is 1. The average Bonchev–Trinajstić information content (AvgIpc) is 3.19. The Morgan fingerprint density at radius 1 is 1.03 bits per heavy atom. The Labute approximate surface area is 171 Å². The molecular weight excluding hydrogens is 380 g/mol. The van der Waals surface area contributed by atoms with Crippen LogP contribution in [0.4, 0.5) is 5.69 Å². The van der Waals surface area contributed by atoms with Gasteiger partial charge in [-0.25, -0.2) is 4.98 Å². The molecule has 3 heterocycles. The van der Waals surface area contributed by atoms with E-state index in [-0.39, 0.29) is 17.4 Å². The van der Waals surface area contributed by atoms with Gasteiger partial charge >= 0.3 is 0 Å². The van der Waals surface area contributed by atoms with Crippen molar-refractivity contribution in [3.05, 3.63) is 95.8 Å². The summed E-state index contributed by atoms with van der Waals surface area (Å²) in [5.41, 5.74) is 2.55. The second kappa shape index (κ2) is 8.24. The highest BCUT2D eigenvalue weighted by Gasteiger charge is 2.21. The molecule has 0 aliphatic rings. The van der Waals surface area contributed by atoms with E-state index in [9.17, 15) is 9.59 Å². The van der Waals surface area contributed by atoms with Gasteiger partial charge in [0.25, 0.3) is 11.8 Å². The molecule has 8 nitrogen and oxygen atoms in total. The molecule has 8 heteroatoms. The number of hydrogen-bond donors (Lipinski definition) is 2. The lowest BCUT2D eigenvalue weighted by Crippen LogP contribution is -2.23. The van der Waals surface area contributed by atoms with Crippen molar-refractivity contribution in [2.45, 2.75) is 6.54 Å². The molecule has 0 fully saturated rings. The third kappa shape index (κ3) is 3.86. The third-order valence-electron chi connectivity index (χ3n) is 4.41. The molecule has 3 aromatic heterocycles. The van der Waals surface area contributed by atoms with Crippen LogP contribution in [0, 0.1) is 11.3 Å². The van der Waals surface area contributed by atoms with Crippen LogP contribution in [0.1, 0.15) is 32.2 Å². The summed E-state index contributed by atoms with van der Waals surface area (Å²) in [5, 5.41) is 14.4. The van der Waals surface area contributed by atoms with Gasteiger partial charge < -0.3 is 10.6 Å². The van der Waals surface area contributed by atoms with E-state index in [1.807, 2.05) is 12.1 Å². The summed E-state index contributed by atoms with van der Waals surface area (Å²) in [5.74, 6) is -0.770. The van der Waals surface area contributed by atoms with Crippen molar-refractivity contribution in [2.24, 2.45) is 0 Å². The molecule has 146 valence electrons. The highest BCUT2D eigenvalue weighted by molar-refractivity contribution is 6.06. The van der Waals surface area contributed by atoms with Gasteiger partial charge in [0.15, 0.2) is 5.69 Å². The zero-order valence-corrected chi connectivity index (χ0v) is 15.7. The van der Waals surface area contributed by atoms with Gasteiger partial charge in [-0.05, 0) is 48.0 Å². The summed E-state index contributed by atoms with van der Waals surface area (Å²) >= 11 is 0. The van der Waals surface area contributed by atoms with Crippen LogP contribution in [-0.4, -0.2) is 26.2 Å². The van der Waals surface area contributed by atoms with Gasteiger partial charge in [-0.15, -0.1) is 0 Å². The Balaban J connectivity index is 1.59. The minimum atomic E-state index is -0.466. The summed E-state index contributed by atoms with van der Waals surface area (Å²) in [6.45, 7) is 0.297. The molecule has 0 saturated carbocycles. The molecule has 2 amide bonds. The molecule has 0 aliphatic carbocycles. The first-order valence-corrected chi connectivity index (χ1v) is 9.11. The fraction of sp³-hybridized carbons (Fsp3) is 0.0455. The lowest BCUT2D eigenvalue weighted by molar-refractivity contribution is 0.0948. The standard InChI is InChI=1S/C22H16N6O2/c23-12-15-6-8-17(9-7-15)26-22(30)20-27-19(18-5-1-2-11-28(18)20)21(29)25-14-16-4-3-10-24-13-16/h1-11,13H,14H2,(H,25,29)(H,26,30). The molecule has 0 bridgehead atoms. The SMILES string of the molecule is N#Cc1ccc(NC(=O)c2nc(C(=O)NCc3cccnc3)c3ccccn23)cc1. The first-order chi connectivity index (χ1) is 14.7. The second-order valence-electron chi connectivity index (χ2n) is 6.43. The summed E-state index contributed by atoms with van der Waals surface area (Å²) < 4.78 is 1.57. The Morgan fingerprint density at radius 3 is 2.60 bits per heavy atom. The normalized spacial score (nSPS) is 10.4. The number of fused-ring (bicyclic) bond motifs is 1. The monoisotopic (exact) mass is 396 g/mol. The van der Waals surface area contributed by atoms with Crippen molar-refractivity contribution in [2.75, 3.05) is 5.32 Å². The van der Waals surface area contributed by atoms with E-state index in [4.69, 9.17) is 5.26 Å². The Bertz CT molecular complexity index is 1260. The number of carbonyl (C=O) groups is 2. The van der Waals surface area contributed by atoms with Gasteiger partial charge in [0.05, 0.1) is 17.1 Å². The molecule has 1 aromatic carbocycles. The predicted molar refractivity (Wildman–Crippen MR) is 110 cm³/mol. The van der Waals surface area contributed by atoms with Crippen molar-refractivity contribution in [1.29, 1.82) is 5.26 Å². The lowest BCUT2D eigenvalue weighted by atomic mass is 10.2. The summed E-state index contributed by atoms with van der Waals surface area (Å²) in [6.07, 6.45) is 5.00. The molecular formula is C22H16N6O2. The smallest absolute Gasteiger partial charge is 0.292 e. The number of carbonyl (C=O) groups excluding carboxylic acids is 2. The largest absolute Gasteiger partial charge is 0.346 e. The molecule has 4 rings (SSSR count). The fourth-order valence-electron chi connectivity index (χ4n) is 2.95. The van der Waals surface area contributed by atoms with Crippen LogP contribution in [0.3, 0.4) is 0 Å². The number of rotatable bonds is 5. The van der Waals surface area contributed by atoms with Crippen LogP contribution in [-0.2, 0) is 6.54 Å². The summed E-state index contributed by atoms with van der Waals surface area (Å²) in [7, 11) is 0.